The molecule has 1 atom stereocenters. The summed E-state index contributed by atoms with van der Waals surface area (Å²) in [7, 11) is 0. The van der Waals surface area contributed by atoms with E-state index in [-0.39, 0.29) is 17.4 Å². The van der Waals surface area contributed by atoms with Crippen LogP contribution < -0.4 is 5.56 Å². The molecule has 3 aromatic carbocycles. The van der Waals surface area contributed by atoms with Gasteiger partial charge < -0.3 is 4.98 Å². The summed E-state index contributed by atoms with van der Waals surface area (Å²) in [5, 5.41) is 14.1. The number of nitrogens with one attached hydrogen (secondary N) is 1. The van der Waals surface area contributed by atoms with E-state index in [9.17, 15) is 9.18 Å². The minimum atomic E-state index is -0.531. The van der Waals surface area contributed by atoms with Gasteiger partial charge in [0.05, 0.1) is 6.04 Å². The Balaban J connectivity index is 1.52. The summed E-state index contributed by atoms with van der Waals surface area (Å²) in [6.45, 7) is 3.03. The minimum absolute atomic E-state index is 0.168. The molecule has 40 heavy (non-hydrogen) atoms. The Hall–Kier alpha value is -4.17. The van der Waals surface area contributed by atoms with Gasteiger partial charge in [-0.2, -0.15) is 0 Å². The fourth-order valence-corrected chi connectivity index (χ4v) is 5.88. The van der Waals surface area contributed by atoms with E-state index in [0.717, 1.165) is 53.3 Å². The van der Waals surface area contributed by atoms with Crippen molar-refractivity contribution in [3.8, 4) is 0 Å². The molecule has 5 aromatic rings. The van der Waals surface area contributed by atoms with Crippen LogP contribution in [0.2, 0.25) is 0 Å². The van der Waals surface area contributed by atoms with Crippen LogP contribution >= 0.6 is 0 Å². The number of aromatic nitrogens is 5. The third-order valence-corrected chi connectivity index (χ3v) is 7.90. The number of halogens is 1. The van der Waals surface area contributed by atoms with Gasteiger partial charge in [0.2, 0.25) is 0 Å². The molecule has 1 aliphatic carbocycles. The van der Waals surface area contributed by atoms with Crippen LogP contribution in [-0.2, 0) is 13.1 Å². The number of hydrogen-bond acceptors (Lipinski definition) is 5. The first-order valence-electron chi connectivity index (χ1n) is 14.0. The summed E-state index contributed by atoms with van der Waals surface area (Å²) in [4.78, 5) is 19.2. The molecule has 0 bridgehead atoms. The molecule has 2 aromatic heterocycles. The molecular weight excluding hydrogens is 503 g/mol. The van der Waals surface area contributed by atoms with E-state index >= 15 is 0 Å². The number of fused-ring (bicyclic) bond motifs is 1. The van der Waals surface area contributed by atoms with Crippen LogP contribution in [0.25, 0.3) is 10.9 Å². The van der Waals surface area contributed by atoms with Crippen LogP contribution in [-0.4, -0.2) is 30.1 Å². The predicted octanol–water partition coefficient (Wildman–Crippen LogP) is 6.26. The number of pyridine rings is 1. The highest BCUT2D eigenvalue weighted by Gasteiger charge is 2.33. The van der Waals surface area contributed by atoms with Crippen molar-refractivity contribution in [2.45, 2.75) is 64.2 Å². The van der Waals surface area contributed by atoms with E-state index in [1.165, 1.54) is 18.6 Å². The average Bonchev–Trinajstić information content (AvgIpc) is 3.45. The maximum Gasteiger partial charge on any atom is 0.253 e. The van der Waals surface area contributed by atoms with Crippen LogP contribution in [0, 0.1) is 12.7 Å². The van der Waals surface area contributed by atoms with E-state index in [1.54, 1.807) is 12.1 Å². The molecule has 0 amide bonds. The van der Waals surface area contributed by atoms with Gasteiger partial charge in [0.1, 0.15) is 11.9 Å². The Labute approximate surface area is 232 Å². The molecular formula is C32H33FN6O. The van der Waals surface area contributed by atoms with E-state index in [4.69, 9.17) is 0 Å². The summed E-state index contributed by atoms with van der Waals surface area (Å²) in [6.07, 6.45) is 5.50. The van der Waals surface area contributed by atoms with Crippen molar-refractivity contribution in [1.82, 2.24) is 30.1 Å². The first-order chi connectivity index (χ1) is 19.5. The Kier molecular flexibility index (Phi) is 7.51. The molecule has 0 saturated heterocycles. The third kappa shape index (κ3) is 5.58. The van der Waals surface area contributed by atoms with Gasteiger partial charge in [0, 0.05) is 24.2 Å². The summed E-state index contributed by atoms with van der Waals surface area (Å²) in [6, 6.07) is 24.4. The molecule has 0 radical (unpaired) electrons. The van der Waals surface area contributed by atoms with Crippen molar-refractivity contribution >= 4 is 10.9 Å². The van der Waals surface area contributed by atoms with E-state index in [1.807, 2.05) is 54.1 Å². The van der Waals surface area contributed by atoms with Gasteiger partial charge in [-0.05, 0) is 76.5 Å². The number of aromatic amines is 1. The first kappa shape index (κ1) is 26.1. The van der Waals surface area contributed by atoms with Crippen LogP contribution in [0.3, 0.4) is 0 Å². The van der Waals surface area contributed by atoms with Crippen LogP contribution in [0.5, 0.6) is 0 Å². The second kappa shape index (κ2) is 11.5. The van der Waals surface area contributed by atoms with Crippen molar-refractivity contribution in [2.75, 3.05) is 0 Å². The molecule has 0 unspecified atom stereocenters. The number of nitrogens with zero attached hydrogens (tertiary/aromatic N) is 5. The monoisotopic (exact) mass is 536 g/mol. The molecule has 7 nitrogen and oxygen atoms in total. The second-order valence-corrected chi connectivity index (χ2v) is 10.8. The lowest BCUT2D eigenvalue weighted by Crippen LogP contribution is -2.35. The second-order valence-electron chi connectivity index (χ2n) is 10.8. The first-order valence-corrected chi connectivity index (χ1v) is 14.0. The van der Waals surface area contributed by atoms with Crippen LogP contribution in [0.4, 0.5) is 4.39 Å². The number of benzene rings is 3. The zero-order chi connectivity index (χ0) is 27.5. The maximum atomic E-state index is 13.8. The Bertz CT molecular complexity index is 1640. The molecule has 0 spiro atoms. The average molecular weight is 537 g/mol. The molecule has 1 fully saturated rings. The quantitative estimate of drug-likeness (QED) is 0.253. The Morgan fingerprint density at radius 3 is 2.42 bits per heavy atom. The standard InChI is InChI=1S/C32H33FN6O/c1-22-12-15-25-19-28(32(40)34-29(25)18-22)30(31-35-36-37-39(31)27-10-6-3-7-11-27)38(20-23-8-4-2-5-9-23)21-24-13-16-26(33)17-14-24/h2,4-5,8-9,12-19,27,30H,3,6-7,10-11,20-21H2,1H3,(H,34,40)/t30-/m1/s1. The van der Waals surface area contributed by atoms with Crippen molar-refractivity contribution in [3.63, 3.8) is 0 Å². The highest BCUT2D eigenvalue weighted by atomic mass is 19.1. The smallest absolute Gasteiger partial charge is 0.253 e. The third-order valence-electron chi connectivity index (χ3n) is 7.90. The van der Waals surface area contributed by atoms with Crippen molar-refractivity contribution in [1.29, 1.82) is 0 Å². The lowest BCUT2D eigenvalue weighted by Gasteiger charge is -2.33. The zero-order valence-electron chi connectivity index (χ0n) is 22.6. The lowest BCUT2D eigenvalue weighted by atomic mass is 9.95. The van der Waals surface area contributed by atoms with Gasteiger partial charge in [-0.15, -0.1) is 5.10 Å². The summed E-state index contributed by atoms with van der Waals surface area (Å²) >= 11 is 0. The molecule has 2 heterocycles. The highest BCUT2D eigenvalue weighted by molar-refractivity contribution is 5.79. The molecule has 204 valence electrons. The summed E-state index contributed by atoms with van der Waals surface area (Å²) in [5.41, 5.74) is 4.33. The van der Waals surface area contributed by atoms with E-state index in [2.05, 4.69) is 37.5 Å². The SMILES string of the molecule is Cc1ccc2cc([C@H](c3nnnn3C3CCCCC3)N(Cc3ccccc3)Cc3ccc(F)cc3)c(=O)[nH]c2c1. The number of rotatable bonds is 8. The topological polar surface area (TPSA) is 79.7 Å². The van der Waals surface area contributed by atoms with Crippen LogP contribution in [0.1, 0.15) is 72.3 Å². The van der Waals surface area contributed by atoms with Crippen molar-refractivity contribution in [2.24, 2.45) is 0 Å². The normalized spacial score (nSPS) is 15.1. The largest absolute Gasteiger partial charge is 0.322 e. The lowest BCUT2D eigenvalue weighted by molar-refractivity contribution is 0.186. The van der Waals surface area contributed by atoms with Crippen molar-refractivity contribution in [3.05, 3.63) is 123 Å². The fraction of sp³-hybridized carbons (Fsp3) is 0.312. The van der Waals surface area contributed by atoms with Gasteiger partial charge in [-0.1, -0.05) is 73.9 Å². The number of hydrogen-bond donors (Lipinski definition) is 1. The molecule has 0 aliphatic heterocycles. The maximum absolute atomic E-state index is 13.8. The highest BCUT2D eigenvalue weighted by Crippen LogP contribution is 2.34. The minimum Gasteiger partial charge on any atom is -0.322 e. The summed E-state index contributed by atoms with van der Waals surface area (Å²) in [5.74, 6) is 0.374. The number of aryl methyl sites for hydroxylation is 1. The zero-order valence-corrected chi connectivity index (χ0v) is 22.6. The predicted molar refractivity (Wildman–Crippen MR) is 153 cm³/mol. The fourth-order valence-electron chi connectivity index (χ4n) is 5.88. The van der Waals surface area contributed by atoms with E-state index < -0.39 is 6.04 Å². The van der Waals surface area contributed by atoms with Gasteiger partial charge in [-0.3, -0.25) is 9.69 Å². The van der Waals surface area contributed by atoms with Gasteiger partial charge >= 0.3 is 0 Å². The van der Waals surface area contributed by atoms with Gasteiger partial charge in [-0.25, -0.2) is 9.07 Å². The number of H-pyrrole nitrogens is 1. The number of tetrazole rings is 1. The van der Waals surface area contributed by atoms with Crippen LogP contribution in [0.15, 0.2) is 83.7 Å². The summed E-state index contributed by atoms with van der Waals surface area (Å²) < 4.78 is 15.8. The Morgan fingerprint density at radius 1 is 0.950 bits per heavy atom. The van der Waals surface area contributed by atoms with Gasteiger partial charge in [0.25, 0.3) is 5.56 Å². The molecule has 6 rings (SSSR count). The molecule has 1 saturated carbocycles. The molecule has 8 heteroatoms. The molecule has 1 N–H and O–H groups in total. The van der Waals surface area contributed by atoms with E-state index in [0.29, 0.717) is 24.5 Å². The molecule has 1 aliphatic rings. The van der Waals surface area contributed by atoms with Gasteiger partial charge in [0.15, 0.2) is 5.82 Å². The van der Waals surface area contributed by atoms with Crippen molar-refractivity contribution < 1.29 is 4.39 Å². The Morgan fingerprint density at radius 2 is 1.68 bits per heavy atom.